The van der Waals surface area contributed by atoms with Crippen molar-refractivity contribution in [2.24, 2.45) is 13.0 Å². The molecule has 1 aromatic carbocycles. The van der Waals surface area contributed by atoms with Gasteiger partial charge in [-0.1, -0.05) is 0 Å². The zero-order chi connectivity index (χ0) is 18.0. The first-order valence-corrected chi connectivity index (χ1v) is 8.40. The monoisotopic (exact) mass is 382 g/mol. The Morgan fingerprint density at radius 2 is 2.19 bits per heavy atom. The lowest BCUT2D eigenvalue weighted by molar-refractivity contribution is -0.119. The Kier molecular flexibility index (Phi) is 6.61. The molecule has 6 nitrogen and oxygen atoms in total. The molecule has 0 aliphatic carbocycles. The highest BCUT2D eigenvalue weighted by molar-refractivity contribution is 5.93. The third-order valence-electron chi connectivity index (χ3n) is 4.27. The number of amides is 1. The lowest BCUT2D eigenvalue weighted by atomic mass is 9.90. The molecule has 8 heteroatoms. The fourth-order valence-corrected chi connectivity index (χ4v) is 3.10. The Bertz CT molecular complexity index is 765. The van der Waals surface area contributed by atoms with Crippen LogP contribution in [0.3, 0.4) is 0 Å². The van der Waals surface area contributed by atoms with E-state index in [-0.39, 0.29) is 41.9 Å². The molecular weight excluding hydrogens is 359 g/mol. The van der Waals surface area contributed by atoms with Gasteiger partial charge >= 0.3 is 0 Å². The van der Waals surface area contributed by atoms with E-state index in [1.54, 1.807) is 16.9 Å². The first kappa shape index (κ1) is 20.2. The van der Waals surface area contributed by atoms with Gasteiger partial charge in [0.15, 0.2) is 0 Å². The second-order valence-electron chi connectivity index (χ2n) is 6.62. The molecule has 1 aromatic heterocycles. The van der Waals surface area contributed by atoms with E-state index in [9.17, 15) is 9.18 Å². The number of rotatable bonds is 5. The molecule has 1 aliphatic heterocycles. The number of nitrogens with zero attached hydrogens (tertiary/aromatic N) is 2. The largest absolute Gasteiger partial charge is 0.491 e. The summed E-state index contributed by atoms with van der Waals surface area (Å²) in [6, 6.07) is 4.48. The van der Waals surface area contributed by atoms with Crippen molar-refractivity contribution in [3.63, 3.8) is 0 Å². The van der Waals surface area contributed by atoms with E-state index in [0.717, 1.165) is 5.56 Å². The first-order chi connectivity index (χ1) is 11.9. The maximum atomic E-state index is 14.2. The average Bonchev–Trinajstić information content (AvgIpc) is 3.17. The summed E-state index contributed by atoms with van der Waals surface area (Å²) in [4.78, 5) is 12.6. The Labute approximate surface area is 158 Å². The summed E-state index contributed by atoms with van der Waals surface area (Å²) in [6.45, 7) is 5.01. The van der Waals surface area contributed by atoms with Crippen LogP contribution in [-0.2, 0) is 11.8 Å². The average molecular weight is 383 g/mol. The van der Waals surface area contributed by atoms with Crippen molar-refractivity contribution in [3.05, 3.63) is 42.0 Å². The lowest BCUT2D eigenvalue weighted by Crippen LogP contribution is -2.28. The molecule has 1 aliphatic rings. The van der Waals surface area contributed by atoms with Crippen LogP contribution in [0, 0.1) is 11.7 Å². The highest BCUT2D eigenvalue weighted by Gasteiger charge is 2.35. The van der Waals surface area contributed by atoms with Gasteiger partial charge < -0.3 is 15.4 Å². The molecule has 1 fully saturated rings. The molecule has 26 heavy (non-hydrogen) atoms. The van der Waals surface area contributed by atoms with Gasteiger partial charge in [-0.25, -0.2) is 4.39 Å². The van der Waals surface area contributed by atoms with Gasteiger partial charge in [0.05, 0.1) is 23.9 Å². The quantitative estimate of drug-likeness (QED) is 0.834. The molecule has 3 rings (SSSR count). The van der Waals surface area contributed by atoms with Gasteiger partial charge in [-0.05, 0) is 31.5 Å². The minimum atomic E-state index is -0.504. The molecule has 0 radical (unpaired) electrons. The molecule has 1 saturated heterocycles. The molecule has 0 spiro atoms. The maximum Gasteiger partial charge on any atom is 0.229 e. The summed E-state index contributed by atoms with van der Waals surface area (Å²) < 4.78 is 21.4. The number of ether oxygens (including phenoxy) is 1. The molecule has 0 bridgehead atoms. The van der Waals surface area contributed by atoms with Crippen LogP contribution < -0.4 is 15.4 Å². The van der Waals surface area contributed by atoms with Gasteiger partial charge in [0.25, 0.3) is 0 Å². The van der Waals surface area contributed by atoms with Gasteiger partial charge in [-0.2, -0.15) is 5.10 Å². The maximum absolute atomic E-state index is 14.2. The van der Waals surface area contributed by atoms with E-state index in [1.165, 1.54) is 12.1 Å². The molecular formula is C18H24ClFN4O2. The second kappa shape index (κ2) is 8.51. The van der Waals surface area contributed by atoms with Crippen molar-refractivity contribution in [2.45, 2.75) is 25.9 Å². The molecule has 2 aromatic rings. The molecule has 1 amide bonds. The van der Waals surface area contributed by atoms with E-state index in [1.807, 2.05) is 27.1 Å². The van der Waals surface area contributed by atoms with Crippen LogP contribution in [0.25, 0.3) is 0 Å². The third-order valence-corrected chi connectivity index (χ3v) is 4.27. The normalized spacial score (nSPS) is 19.3. The van der Waals surface area contributed by atoms with Crippen molar-refractivity contribution in [1.82, 2.24) is 15.1 Å². The molecule has 2 heterocycles. The highest BCUT2D eigenvalue weighted by atomic mass is 35.5. The minimum Gasteiger partial charge on any atom is -0.491 e. The summed E-state index contributed by atoms with van der Waals surface area (Å²) >= 11 is 0. The zero-order valence-corrected chi connectivity index (χ0v) is 15.8. The Balaban J connectivity index is 0.00000243. The van der Waals surface area contributed by atoms with Crippen molar-refractivity contribution in [1.29, 1.82) is 0 Å². The summed E-state index contributed by atoms with van der Waals surface area (Å²) in [5, 5.41) is 10.1. The predicted molar refractivity (Wildman–Crippen MR) is 100 cm³/mol. The van der Waals surface area contributed by atoms with Gasteiger partial charge in [0.1, 0.15) is 11.6 Å². The van der Waals surface area contributed by atoms with Crippen LogP contribution >= 0.6 is 12.4 Å². The summed E-state index contributed by atoms with van der Waals surface area (Å²) in [6.07, 6.45) is 3.65. The third kappa shape index (κ3) is 4.53. The summed E-state index contributed by atoms with van der Waals surface area (Å²) in [5.74, 6) is -0.498. The smallest absolute Gasteiger partial charge is 0.229 e. The number of aromatic nitrogens is 2. The van der Waals surface area contributed by atoms with E-state index in [2.05, 4.69) is 15.7 Å². The van der Waals surface area contributed by atoms with Gasteiger partial charge in [-0.3, -0.25) is 9.48 Å². The van der Waals surface area contributed by atoms with Crippen molar-refractivity contribution >= 4 is 24.0 Å². The minimum absolute atomic E-state index is 0. The van der Waals surface area contributed by atoms with E-state index < -0.39 is 5.82 Å². The number of nitrogens with one attached hydrogen (secondary N) is 2. The zero-order valence-electron chi connectivity index (χ0n) is 15.0. The molecule has 0 saturated carbocycles. The number of anilines is 1. The molecule has 0 unspecified atom stereocenters. The lowest BCUT2D eigenvalue weighted by Gasteiger charge is -2.18. The number of aryl methyl sites for hydroxylation is 1. The van der Waals surface area contributed by atoms with Gasteiger partial charge in [0, 0.05) is 38.3 Å². The predicted octanol–water partition coefficient (Wildman–Crippen LogP) is 2.71. The number of halogens is 2. The van der Waals surface area contributed by atoms with Crippen LogP contribution in [0.1, 0.15) is 25.3 Å². The Morgan fingerprint density at radius 1 is 1.42 bits per heavy atom. The van der Waals surface area contributed by atoms with E-state index in [4.69, 9.17) is 4.74 Å². The number of carbonyl (C=O) groups is 1. The van der Waals surface area contributed by atoms with Crippen molar-refractivity contribution in [2.75, 3.05) is 18.4 Å². The van der Waals surface area contributed by atoms with Crippen LogP contribution in [0.2, 0.25) is 0 Å². The van der Waals surface area contributed by atoms with Crippen LogP contribution in [0.15, 0.2) is 30.6 Å². The topological polar surface area (TPSA) is 68.2 Å². The summed E-state index contributed by atoms with van der Waals surface area (Å²) in [5.41, 5.74) is 1.17. The number of benzene rings is 1. The molecule has 2 atom stereocenters. The number of hydrogen-bond donors (Lipinski definition) is 2. The number of hydrogen-bond acceptors (Lipinski definition) is 4. The van der Waals surface area contributed by atoms with Crippen molar-refractivity contribution in [3.8, 4) is 5.75 Å². The summed E-state index contributed by atoms with van der Waals surface area (Å²) in [7, 11) is 1.84. The second-order valence-corrected chi connectivity index (χ2v) is 6.62. The first-order valence-electron chi connectivity index (χ1n) is 8.40. The van der Waals surface area contributed by atoms with Crippen LogP contribution in [0.5, 0.6) is 5.75 Å². The fourth-order valence-electron chi connectivity index (χ4n) is 3.10. The highest BCUT2D eigenvalue weighted by Crippen LogP contribution is 2.29. The fraction of sp³-hybridized carbons (Fsp3) is 0.444. The number of carbonyl (C=O) groups excluding carboxylic acids is 1. The molecule has 2 N–H and O–H groups in total. The van der Waals surface area contributed by atoms with Gasteiger partial charge in [0.2, 0.25) is 5.91 Å². The van der Waals surface area contributed by atoms with Crippen molar-refractivity contribution < 1.29 is 13.9 Å². The van der Waals surface area contributed by atoms with Crippen LogP contribution in [-0.4, -0.2) is 34.9 Å². The Hall–Kier alpha value is -2.12. The molecule has 142 valence electrons. The SMILES string of the molecule is CC(C)Oc1ccc(NC(=O)[C@H]2CNC[C@@H]2c2cnn(C)c2)c(F)c1.Cl. The van der Waals surface area contributed by atoms with Crippen LogP contribution in [0.4, 0.5) is 10.1 Å². The van der Waals surface area contributed by atoms with Gasteiger partial charge in [-0.15, -0.1) is 12.4 Å². The van der Waals surface area contributed by atoms with E-state index >= 15 is 0 Å². The standard InChI is InChI=1S/C18H23FN4O2.ClH/c1-11(2)25-13-4-5-17(16(19)6-13)22-18(24)15-9-20-8-14(15)12-7-21-23(3)10-12;/h4-7,10-11,14-15,20H,8-9H2,1-3H3,(H,22,24);1H/t14-,15+;/m1./s1. The Morgan fingerprint density at radius 3 is 2.81 bits per heavy atom. The van der Waals surface area contributed by atoms with E-state index in [0.29, 0.717) is 18.8 Å².